The van der Waals surface area contributed by atoms with Crippen molar-refractivity contribution in [3.63, 3.8) is 0 Å². The van der Waals surface area contributed by atoms with E-state index in [0.29, 0.717) is 5.57 Å². The van der Waals surface area contributed by atoms with Crippen molar-refractivity contribution in [1.82, 2.24) is 5.32 Å². The monoisotopic (exact) mass is 700 g/mol. The molecule has 2 heterocycles. The smallest absolute Gasteiger partial charge is 0.251 e. The highest BCUT2D eigenvalue weighted by atomic mass is 16.3. The lowest BCUT2D eigenvalue weighted by atomic mass is 9.82. The van der Waals surface area contributed by atoms with Crippen LogP contribution in [-0.2, 0) is 9.59 Å². The zero-order valence-electron chi connectivity index (χ0n) is 30.1. The fourth-order valence-electron chi connectivity index (χ4n) is 5.68. The molecule has 0 radical (unpaired) electrons. The second-order valence-corrected chi connectivity index (χ2v) is 13.4. The van der Waals surface area contributed by atoms with Crippen LogP contribution in [0.5, 0.6) is 5.75 Å². The van der Waals surface area contributed by atoms with E-state index in [1.807, 2.05) is 0 Å². The topological polar surface area (TPSA) is 204 Å². The van der Waals surface area contributed by atoms with Crippen LogP contribution in [-0.4, -0.2) is 67.8 Å². The number of Topliss-reactive ketones (excluding diaryl/α,β-unsaturated/α-hetero) is 4. The summed E-state index contributed by atoms with van der Waals surface area (Å²) in [6, 6.07) is 1.26. The predicted molar refractivity (Wildman–Crippen MR) is 194 cm³/mol. The fraction of sp³-hybridized carbons (Fsp3) is 0.375. The summed E-state index contributed by atoms with van der Waals surface area (Å²) in [5.41, 5.74) is 4.83. The number of hydrogen-bond donors (Lipinski definition) is 6. The molecular weight excluding hydrogens is 652 g/mol. The molecule has 1 aliphatic carbocycles. The van der Waals surface area contributed by atoms with Crippen LogP contribution in [0.15, 0.2) is 88.9 Å². The highest BCUT2D eigenvalue weighted by molar-refractivity contribution is 6.31. The number of nitrogens with two attached hydrogens (primary N) is 1. The average Bonchev–Trinajstić information content (AvgIpc) is 3.09. The van der Waals surface area contributed by atoms with E-state index in [0.717, 1.165) is 0 Å². The number of rotatable bonds is 0. The molecule has 0 unspecified atom stereocenters. The minimum absolute atomic E-state index is 0.0835. The van der Waals surface area contributed by atoms with Crippen LogP contribution >= 0.6 is 0 Å². The Morgan fingerprint density at radius 1 is 0.745 bits per heavy atom. The number of allylic oxidation sites excluding steroid dienone is 8. The van der Waals surface area contributed by atoms with Gasteiger partial charge in [-0.25, -0.2) is 0 Å². The predicted octanol–water partition coefficient (Wildman–Crippen LogP) is 4.41. The number of hydrogen-bond acceptors (Lipinski definition) is 10. The normalized spacial score (nSPS) is 31.6. The number of aliphatic hydroxyl groups excluding tert-OH is 3. The third-order valence-corrected chi connectivity index (χ3v) is 9.20. The second kappa shape index (κ2) is 17.3. The van der Waals surface area contributed by atoms with Crippen LogP contribution in [0.1, 0.15) is 91.0 Å². The lowest BCUT2D eigenvalue weighted by Crippen LogP contribution is -2.37. The molecule has 1 aromatic carbocycles. The molecule has 6 atom stereocenters. The van der Waals surface area contributed by atoms with Crippen molar-refractivity contribution in [2.24, 2.45) is 23.5 Å². The van der Waals surface area contributed by atoms with Crippen LogP contribution in [0.2, 0.25) is 0 Å². The maximum absolute atomic E-state index is 13.8. The van der Waals surface area contributed by atoms with Gasteiger partial charge < -0.3 is 31.5 Å². The highest BCUT2D eigenvalue weighted by Gasteiger charge is 2.38. The molecule has 11 nitrogen and oxygen atoms in total. The Morgan fingerprint density at radius 3 is 2.08 bits per heavy atom. The second-order valence-electron chi connectivity index (χ2n) is 13.4. The van der Waals surface area contributed by atoms with Crippen LogP contribution < -0.4 is 11.1 Å². The van der Waals surface area contributed by atoms with Crippen molar-refractivity contribution >= 4 is 29.0 Å². The van der Waals surface area contributed by atoms with E-state index in [1.165, 1.54) is 45.1 Å². The van der Waals surface area contributed by atoms with E-state index < -0.39 is 76.1 Å². The number of benzene rings is 1. The Hall–Kier alpha value is -4.97. The third-order valence-electron chi connectivity index (χ3n) is 9.20. The van der Waals surface area contributed by atoms with Crippen LogP contribution in [0, 0.1) is 24.7 Å². The number of fused-ring (bicyclic) bond motifs is 18. The van der Waals surface area contributed by atoms with Gasteiger partial charge in [-0.15, -0.1) is 0 Å². The van der Waals surface area contributed by atoms with Crippen molar-refractivity contribution in [3.05, 3.63) is 111 Å². The number of amides is 1. The number of carbonyl (C=O) groups excluding carboxylic acids is 5. The molecule has 0 saturated heterocycles. The lowest BCUT2D eigenvalue weighted by molar-refractivity contribution is -0.118. The van der Waals surface area contributed by atoms with Crippen molar-refractivity contribution in [3.8, 4) is 5.75 Å². The number of carbonyl (C=O) groups is 5. The van der Waals surface area contributed by atoms with Gasteiger partial charge >= 0.3 is 0 Å². The van der Waals surface area contributed by atoms with E-state index in [9.17, 15) is 44.4 Å². The maximum Gasteiger partial charge on any atom is 0.251 e. The average molecular weight is 701 g/mol. The summed E-state index contributed by atoms with van der Waals surface area (Å²) in [5.74, 6) is -5.44. The van der Waals surface area contributed by atoms with Gasteiger partial charge in [-0.1, -0.05) is 75.5 Å². The summed E-state index contributed by atoms with van der Waals surface area (Å²) in [6.07, 6.45) is 11.3. The molecule has 1 aromatic rings. The Balaban J connectivity index is 2.08. The number of ketones is 4. The molecule has 0 fully saturated rings. The Labute approximate surface area is 298 Å². The molecule has 3 aliphatic rings. The first kappa shape index (κ1) is 40.5. The number of phenols is 1. The number of aliphatic hydroxyl groups is 3. The summed E-state index contributed by atoms with van der Waals surface area (Å²) < 4.78 is 0. The molecule has 11 heteroatoms. The molecule has 0 spiro atoms. The molecule has 0 saturated carbocycles. The van der Waals surface area contributed by atoms with Crippen molar-refractivity contribution in [2.45, 2.75) is 79.6 Å². The van der Waals surface area contributed by atoms with E-state index in [4.69, 9.17) is 5.73 Å². The summed E-state index contributed by atoms with van der Waals surface area (Å²) in [7, 11) is 0. The first-order chi connectivity index (χ1) is 23.9. The van der Waals surface area contributed by atoms with Gasteiger partial charge in [-0.2, -0.15) is 0 Å². The quantitative estimate of drug-likeness (QED) is 0.210. The number of nitrogens with one attached hydrogen (secondary N) is 1. The van der Waals surface area contributed by atoms with Crippen LogP contribution in [0.25, 0.3) is 0 Å². The van der Waals surface area contributed by atoms with Crippen LogP contribution in [0.4, 0.5) is 0 Å². The number of phenolic OH excluding ortho intramolecular Hbond substituents is 1. The standard InChI is InChI=1S/C40H48N2O9/c1-20-11-9-8-10-12-23(4)40(51)42-34-33(41)39(50)31-28(38(34)49)18-26(7)37(48)32(31)36(47)25(6)17-24(5)35(46)22(3)14-16-27(43)15-13-21(2)30(45)19-29(20)44/h8-14,16-18,20,22,24,27,29,35,43-44,46,48H,15,19,41H2,1-7H3,(H,42,51)/b10-8+,11-9+,16-14-,21-13-,23-12-,25-17+/t20-,22-,24-,27-,29-,35-/m0/s1. The van der Waals surface area contributed by atoms with Gasteiger partial charge in [0.15, 0.2) is 11.6 Å². The molecule has 4 bridgehead atoms. The summed E-state index contributed by atoms with van der Waals surface area (Å²) >= 11 is 0. The zero-order valence-corrected chi connectivity index (χ0v) is 30.1. The third kappa shape index (κ3) is 9.63. The van der Waals surface area contributed by atoms with Gasteiger partial charge in [0.25, 0.3) is 5.91 Å². The zero-order chi connectivity index (χ0) is 38.3. The largest absolute Gasteiger partial charge is 0.507 e. The molecular formula is C40H48N2O9. The Kier molecular flexibility index (Phi) is 13.7. The van der Waals surface area contributed by atoms with Gasteiger partial charge in [0.1, 0.15) is 17.1 Å². The molecule has 272 valence electrons. The maximum atomic E-state index is 13.8. The van der Waals surface area contributed by atoms with Crippen LogP contribution in [0.3, 0.4) is 0 Å². The van der Waals surface area contributed by atoms with E-state index >= 15 is 0 Å². The lowest BCUT2D eigenvalue weighted by Gasteiger charge is -2.24. The summed E-state index contributed by atoms with van der Waals surface area (Å²) in [6.45, 7) is 11.2. The fourth-order valence-corrected chi connectivity index (χ4v) is 5.68. The Morgan fingerprint density at radius 2 is 1.41 bits per heavy atom. The molecule has 51 heavy (non-hydrogen) atoms. The molecule has 4 rings (SSSR count). The van der Waals surface area contributed by atoms with E-state index in [2.05, 4.69) is 5.32 Å². The number of aromatic hydroxyl groups is 1. The number of aryl methyl sites for hydroxylation is 1. The van der Waals surface area contributed by atoms with Crippen molar-refractivity contribution < 1.29 is 44.4 Å². The minimum atomic E-state index is -1.01. The molecule has 0 aromatic heterocycles. The van der Waals surface area contributed by atoms with E-state index in [-0.39, 0.29) is 52.4 Å². The molecule has 2 aliphatic heterocycles. The van der Waals surface area contributed by atoms with Gasteiger partial charge in [0, 0.05) is 35.3 Å². The summed E-state index contributed by atoms with van der Waals surface area (Å²) in [4.78, 5) is 66.8. The van der Waals surface area contributed by atoms with E-state index in [1.54, 1.807) is 64.2 Å². The summed E-state index contributed by atoms with van der Waals surface area (Å²) in [5, 5.41) is 45.6. The molecule has 7 N–H and O–H groups in total. The van der Waals surface area contributed by atoms with Gasteiger partial charge in [-0.3, -0.25) is 24.0 Å². The van der Waals surface area contributed by atoms with Gasteiger partial charge in [0.2, 0.25) is 11.6 Å². The minimum Gasteiger partial charge on any atom is -0.507 e. The van der Waals surface area contributed by atoms with Crippen molar-refractivity contribution in [1.29, 1.82) is 0 Å². The first-order valence-electron chi connectivity index (χ1n) is 16.8. The Bertz CT molecular complexity index is 1820. The molecule has 1 amide bonds. The van der Waals surface area contributed by atoms with Gasteiger partial charge in [-0.05, 0) is 56.9 Å². The highest BCUT2D eigenvalue weighted by Crippen LogP contribution is 2.36. The first-order valence-corrected chi connectivity index (χ1v) is 16.8. The van der Waals surface area contributed by atoms with Gasteiger partial charge in [0.05, 0.1) is 29.4 Å². The SMILES string of the molecule is C/C1=C/C[C@H](O)/C=C\[C@H](C)[C@H](O)[C@@H](C)/C=C(\C)C(=O)c2c(O)c(C)cc3c2C(=O)C(N)=C(NC(=O)\C(C)=C/C=C/C=C/[C@H](C)[C@@H](O)CC1=O)C3=O. The van der Waals surface area contributed by atoms with Crippen molar-refractivity contribution in [2.75, 3.05) is 0 Å².